The Hall–Kier alpha value is -2.70. The van der Waals surface area contributed by atoms with Gasteiger partial charge in [-0.2, -0.15) is 9.97 Å². The van der Waals surface area contributed by atoms with Crippen LogP contribution in [0.1, 0.15) is 0 Å². The molecule has 0 fully saturated rings. The van der Waals surface area contributed by atoms with Crippen LogP contribution in [0.15, 0.2) is 59.4 Å². The average molecular weight is 314 g/mol. The highest BCUT2D eigenvalue weighted by atomic mass is 35.5. The van der Waals surface area contributed by atoms with Crippen molar-refractivity contribution in [1.29, 1.82) is 0 Å². The Labute approximate surface area is 131 Å². The van der Waals surface area contributed by atoms with Crippen LogP contribution in [0.5, 0.6) is 0 Å². The molecule has 0 amide bonds. The van der Waals surface area contributed by atoms with Crippen LogP contribution in [0.3, 0.4) is 0 Å². The van der Waals surface area contributed by atoms with Gasteiger partial charge in [0.2, 0.25) is 0 Å². The van der Waals surface area contributed by atoms with Gasteiger partial charge < -0.3 is 0 Å². The van der Waals surface area contributed by atoms with Crippen molar-refractivity contribution in [3.05, 3.63) is 70.1 Å². The molecule has 0 saturated heterocycles. The van der Waals surface area contributed by atoms with Crippen LogP contribution < -0.4 is 16.5 Å². The molecule has 0 aliphatic carbocycles. The minimum absolute atomic E-state index is 0.111. The summed E-state index contributed by atoms with van der Waals surface area (Å²) in [5.74, 6) is 6.47. The van der Waals surface area contributed by atoms with Gasteiger partial charge in [-0.15, -0.1) is 0 Å². The topological polar surface area (TPSA) is 87.9 Å². The highest BCUT2D eigenvalue weighted by molar-refractivity contribution is 6.30. The Morgan fingerprint density at radius 1 is 1.00 bits per heavy atom. The lowest BCUT2D eigenvalue weighted by molar-refractivity contribution is 0.918. The van der Waals surface area contributed by atoms with Crippen molar-refractivity contribution in [2.75, 3.05) is 5.01 Å². The summed E-state index contributed by atoms with van der Waals surface area (Å²) >= 11 is 5.86. The third kappa shape index (κ3) is 2.98. The third-order valence-corrected chi connectivity index (χ3v) is 3.26. The first-order valence-corrected chi connectivity index (χ1v) is 6.85. The monoisotopic (exact) mass is 313 g/mol. The van der Waals surface area contributed by atoms with Crippen molar-refractivity contribution in [3.63, 3.8) is 0 Å². The molecule has 3 N–H and O–H groups in total. The van der Waals surface area contributed by atoms with Crippen LogP contribution in [0.4, 0.5) is 11.6 Å². The molecule has 0 atom stereocenters. The first-order chi connectivity index (χ1) is 10.6. The second-order valence-electron chi connectivity index (χ2n) is 4.51. The van der Waals surface area contributed by atoms with Gasteiger partial charge in [-0.05, 0) is 36.4 Å². The van der Waals surface area contributed by atoms with E-state index in [1.807, 2.05) is 18.2 Å². The van der Waals surface area contributed by atoms with E-state index in [0.29, 0.717) is 22.1 Å². The van der Waals surface area contributed by atoms with E-state index in [9.17, 15) is 4.79 Å². The SMILES string of the molecule is NN(c1ccccc1)c1nc(-c2ccc(Cl)cc2)[nH]c(=O)n1. The van der Waals surface area contributed by atoms with Crippen LogP contribution in [0.25, 0.3) is 11.4 Å². The second-order valence-corrected chi connectivity index (χ2v) is 4.95. The van der Waals surface area contributed by atoms with Crippen molar-refractivity contribution in [2.24, 2.45) is 5.84 Å². The van der Waals surface area contributed by atoms with Crippen LogP contribution >= 0.6 is 11.6 Å². The molecule has 3 aromatic rings. The molecule has 6 nitrogen and oxygen atoms in total. The van der Waals surface area contributed by atoms with Gasteiger partial charge in [-0.1, -0.05) is 29.8 Å². The van der Waals surface area contributed by atoms with Crippen molar-refractivity contribution in [1.82, 2.24) is 15.0 Å². The molecule has 0 radical (unpaired) electrons. The Morgan fingerprint density at radius 3 is 2.36 bits per heavy atom. The van der Waals surface area contributed by atoms with Gasteiger partial charge >= 0.3 is 5.69 Å². The fourth-order valence-corrected chi connectivity index (χ4v) is 2.06. The smallest absolute Gasteiger partial charge is 0.290 e. The summed E-state index contributed by atoms with van der Waals surface area (Å²) in [6.07, 6.45) is 0. The number of aromatic amines is 1. The predicted molar refractivity (Wildman–Crippen MR) is 85.9 cm³/mol. The Balaban J connectivity index is 2.03. The van der Waals surface area contributed by atoms with Gasteiger partial charge in [0.05, 0.1) is 5.69 Å². The van der Waals surface area contributed by atoms with E-state index in [4.69, 9.17) is 17.4 Å². The number of anilines is 2. The molecule has 1 aromatic heterocycles. The summed E-state index contributed by atoms with van der Waals surface area (Å²) in [5, 5.41) is 1.86. The number of halogens is 1. The van der Waals surface area contributed by atoms with Crippen LogP contribution in [0, 0.1) is 0 Å². The number of aromatic nitrogens is 3. The highest BCUT2D eigenvalue weighted by Gasteiger charge is 2.11. The molecule has 0 aliphatic heterocycles. The van der Waals surface area contributed by atoms with Crippen molar-refractivity contribution in [2.45, 2.75) is 0 Å². The summed E-state index contributed by atoms with van der Waals surface area (Å²) in [6, 6.07) is 16.1. The van der Waals surface area contributed by atoms with Gasteiger partial charge in [-0.25, -0.2) is 15.6 Å². The number of hydrazine groups is 1. The van der Waals surface area contributed by atoms with E-state index in [1.165, 1.54) is 5.01 Å². The van der Waals surface area contributed by atoms with Gasteiger partial charge in [0, 0.05) is 10.6 Å². The lowest BCUT2D eigenvalue weighted by atomic mass is 10.2. The van der Waals surface area contributed by atoms with E-state index in [-0.39, 0.29) is 5.95 Å². The van der Waals surface area contributed by atoms with Gasteiger partial charge in [0.25, 0.3) is 5.95 Å². The number of hydrogen-bond donors (Lipinski definition) is 2. The third-order valence-electron chi connectivity index (χ3n) is 3.01. The molecule has 0 unspecified atom stereocenters. The number of rotatable bonds is 3. The number of H-pyrrole nitrogens is 1. The summed E-state index contributed by atoms with van der Waals surface area (Å²) in [5.41, 5.74) is 0.864. The minimum atomic E-state index is -0.527. The number of benzene rings is 2. The van der Waals surface area contributed by atoms with Gasteiger partial charge in [-0.3, -0.25) is 4.98 Å². The van der Waals surface area contributed by atoms with E-state index in [0.717, 1.165) is 0 Å². The molecule has 2 aromatic carbocycles. The quantitative estimate of drug-likeness (QED) is 0.573. The zero-order valence-corrected chi connectivity index (χ0v) is 12.2. The number of para-hydroxylation sites is 1. The summed E-state index contributed by atoms with van der Waals surface area (Å²) < 4.78 is 0. The fraction of sp³-hybridized carbons (Fsp3) is 0. The zero-order chi connectivity index (χ0) is 15.5. The largest absolute Gasteiger partial charge is 0.349 e. The highest BCUT2D eigenvalue weighted by Crippen LogP contribution is 2.20. The fourth-order valence-electron chi connectivity index (χ4n) is 1.93. The molecule has 110 valence electrons. The van der Waals surface area contributed by atoms with E-state index >= 15 is 0 Å². The van der Waals surface area contributed by atoms with E-state index in [1.54, 1.807) is 36.4 Å². The molecule has 22 heavy (non-hydrogen) atoms. The molecule has 0 spiro atoms. The molecular formula is C15H12ClN5O. The average Bonchev–Trinajstić information content (AvgIpc) is 2.55. The predicted octanol–water partition coefficient (Wildman–Crippen LogP) is 2.50. The first kappa shape index (κ1) is 14.2. The number of hydrogen-bond acceptors (Lipinski definition) is 5. The van der Waals surface area contributed by atoms with Crippen LogP contribution in [0.2, 0.25) is 5.02 Å². The van der Waals surface area contributed by atoms with Crippen molar-refractivity contribution >= 4 is 23.2 Å². The minimum Gasteiger partial charge on any atom is -0.290 e. The van der Waals surface area contributed by atoms with Gasteiger partial charge in [0.15, 0.2) is 0 Å². The number of nitrogens with zero attached hydrogens (tertiary/aromatic N) is 3. The normalized spacial score (nSPS) is 10.5. The molecular weight excluding hydrogens is 302 g/mol. The molecule has 7 heteroatoms. The summed E-state index contributed by atoms with van der Waals surface area (Å²) in [7, 11) is 0. The lowest BCUT2D eigenvalue weighted by Gasteiger charge is -2.16. The maximum Gasteiger partial charge on any atom is 0.349 e. The first-order valence-electron chi connectivity index (χ1n) is 6.47. The summed E-state index contributed by atoms with van der Waals surface area (Å²) in [4.78, 5) is 22.5. The Bertz CT molecular complexity index is 833. The van der Waals surface area contributed by atoms with Crippen molar-refractivity contribution in [3.8, 4) is 11.4 Å². The molecule has 0 bridgehead atoms. The molecule has 1 heterocycles. The molecule has 3 rings (SSSR count). The lowest BCUT2D eigenvalue weighted by Crippen LogP contribution is -2.30. The summed E-state index contributed by atoms with van der Waals surface area (Å²) in [6.45, 7) is 0. The van der Waals surface area contributed by atoms with Crippen molar-refractivity contribution < 1.29 is 0 Å². The van der Waals surface area contributed by atoms with E-state index in [2.05, 4.69) is 15.0 Å². The van der Waals surface area contributed by atoms with Crippen LogP contribution in [-0.4, -0.2) is 15.0 Å². The standard InChI is InChI=1S/C15H12ClN5O/c16-11-8-6-10(7-9-11)13-18-14(20-15(22)19-13)21(17)12-4-2-1-3-5-12/h1-9H,17H2,(H,18,19,20,22). The molecule has 0 saturated carbocycles. The van der Waals surface area contributed by atoms with Gasteiger partial charge in [0.1, 0.15) is 5.82 Å². The Kier molecular flexibility index (Phi) is 3.86. The number of nitrogens with two attached hydrogens (primary N) is 1. The number of nitrogens with one attached hydrogen (secondary N) is 1. The second kappa shape index (κ2) is 5.97. The molecule has 0 aliphatic rings. The van der Waals surface area contributed by atoms with Crippen LogP contribution in [-0.2, 0) is 0 Å². The maximum absolute atomic E-state index is 11.8. The zero-order valence-electron chi connectivity index (χ0n) is 11.4. The van der Waals surface area contributed by atoms with E-state index < -0.39 is 5.69 Å². The Morgan fingerprint density at radius 2 is 1.68 bits per heavy atom. The maximum atomic E-state index is 11.8.